The van der Waals surface area contributed by atoms with Gasteiger partial charge in [0.05, 0.1) is 11.2 Å². The Labute approximate surface area is 164 Å². The van der Waals surface area contributed by atoms with Crippen LogP contribution in [-0.2, 0) is 5.33 Å². The predicted octanol–water partition coefficient (Wildman–Crippen LogP) is 8.19. The Bertz CT molecular complexity index is 732. The lowest BCUT2D eigenvalue weighted by Crippen LogP contribution is -1.92. The van der Waals surface area contributed by atoms with Crippen molar-refractivity contribution < 1.29 is 0 Å². The van der Waals surface area contributed by atoms with Crippen molar-refractivity contribution in [2.75, 3.05) is 0 Å². The van der Waals surface area contributed by atoms with Crippen LogP contribution < -0.4 is 0 Å². The fourth-order valence-electron chi connectivity index (χ4n) is 2.11. The van der Waals surface area contributed by atoms with Crippen molar-refractivity contribution in [2.24, 2.45) is 0 Å². The third-order valence-corrected chi connectivity index (χ3v) is 3.60. The van der Waals surface area contributed by atoms with E-state index in [1.54, 1.807) is 0 Å². The van der Waals surface area contributed by atoms with Crippen molar-refractivity contribution in [3.63, 3.8) is 0 Å². The highest BCUT2D eigenvalue weighted by Gasteiger charge is 2.07. The molecule has 0 N–H and O–H groups in total. The zero-order valence-corrected chi connectivity index (χ0v) is 18.6. The van der Waals surface area contributed by atoms with Gasteiger partial charge in [0.1, 0.15) is 4.03 Å². The summed E-state index contributed by atoms with van der Waals surface area (Å²) in [6, 6.07) is 20.8. The minimum absolute atomic E-state index is 0.183. The van der Waals surface area contributed by atoms with Crippen LogP contribution in [0.25, 0.3) is 22.2 Å². The van der Waals surface area contributed by atoms with E-state index in [-0.39, 0.29) is 4.03 Å². The van der Waals surface area contributed by atoms with Crippen LogP contribution in [0, 0.1) is 0 Å². The summed E-state index contributed by atoms with van der Waals surface area (Å²) in [4.78, 5) is 4.79. The molecule has 114 valence electrons. The van der Waals surface area contributed by atoms with Crippen LogP contribution in [0.15, 0.2) is 60.7 Å². The van der Waals surface area contributed by atoms with E-state index in [1.165, 1.54) is 10.9 Å². The Kier molecular flexibility index (Phi) is 7.99. The average molecular weight is 569 g/mol. The van der Waals surface area contributed by atoms with Crippen molar-refractivity contribution in [1.29, 1.82) is 0 Å². The molecule has 2 aromatic carbocycles. The van der Waals surface area contributed by atoms with Gasteiger partial charge in [-0.15, -0.1) is 0 Å². The number of rotatable bonds is 2. The van der Waals surface area contributed by atoms with Crippen LogP contribution >= 0.6 is 66.4 Å². The number of pyridine rings is 1. The van der Waals surface area contributed by atoms with Gasteiger partial charge < -0.3 is 0 Å². The lowest BCUT2D eigenvalue weighted by Gasteiger charge is -2.08. The van der Waals surface area contributed by atoms with Crippen molar-refractivity contribution in [3.8, 4) is 11.3 Å². The molecule has 3 rings (SSSR count). The molecule has 6 heteroatoms. The van der Waals surface area contributed by atoms with Gasteiger partial charge in [0, 0.05) is 16.3 Å². The fraction of sp³-hybridized carbons (Fsp3) is 0.0625. The van der Waals surface area contributed by atoms with Gasteiger partial charge in [-0.25, -0.2) is 4.98 Å². The number of hydrogen-bond donors (Lipinski definition) is 0. The van der Waals surface area contributed by atoms with Crippen molar-refractivity contribution in [3.05, 3.63) is 66.2 Å². The monoisotopic (exact) mass is 565 g/mol. The Hall–Kier alpha value is 0.200. The summed E-state index contributed by atoms with van der Waals surface area (Å²) in [5.74, 6) is 0. The second kappa shape index (κ2) is 9.48. The first kappa shape index (κ1) is 18.5. The molecule has 0 fully saturated rings. The first-order chi connectivity index (χ1) is 10.6. The highest BCUT2D eigenvalue weighted by atomic mass is 80.0. The maximum atomic E-state index is 4.79. The highest BCUT2D eigenvalue weighted by molar-refractivity contribution is 9.93. The van der Waals surface area contributed by atoms with Gasteiger partial charge in [0.15, 0.2) is 0 Å². The van der Waals surface area contributed by atoms with Crippen molar-refractivity contribution in [1.82, 2.24) is 4.98 Å². The molecule has 1 heterocycles. The average Bonchev–Trinajstić information content (AvgIpc) is 2.54. The van der Waals surface area contributed by atoms with Gasteiger partial charge in [-0.05, 0) is 64.2 Å². The zero-order valence-electron chi connectivity index (χ0n) is 11.4. The first-order valence-corrected chi connectivity index (χ1v) is 14.9. The fourth-order valence-corrected chi connectivity index (χ4v) is 2.53. The SMILES string of the molecule is BrCc1cc2ccccc2nc1-c1ccccc1.BrP(Br)Br. The molecule has 1 nitrogen and oxygen atoms in total. The van der Waals surface area contributed by atoms with Crippen LogP contribution in [0.1, 0.15) is 5.56 Å². The molecule has 0 atom stereocenters. The molecule has 0 radical (unpaired) electrons. The molecule has 0 aliphatic heterocycles. The van der Waals surface area contributed by atoms with Crippen LogP contribution in [0.3, 0.4) is 0 Å². The number of aromatic nitrogens is 1. The first-order valence-electron chi connectivity index (χ1n) is 6.39. The summed E-state index contributed by atoms with van der Waals surface area (Å²) in [7, 11) is 0. The minimum atomic E-state index is -0.183. The number of para-hydroxylation sites is 1. The van der Waals surface area contributed by atoms with Gasteiger partial charge in [-0.1, -0.05) is 64.5 Å². The third-order valence-electron chi connectivity index (χ3n) is 2.99. The normalized spacial score (nSPS) is 10.4. The molecule has 0 bridgehead atoms. The van der Waals surface area contributed by atoms with E-state index >= 15 is 0 Å². The molecule has 0 aliphatic rings. The molecule has 0 saturated heterocycles. The number of fused-ring (bicyclic) bond motifs is 1. The Morgan fingerprint density at radius 2 is 1.45 bits per heavy atom. The molecule has 1 aromatic heterocycles. The molecule has 0 unspecified atom stereocenters. The number of nitrogens with zero attached hydrogens (tertiary/aromatic N) is 1. The number of halogens is 4. The topological polar surface area (TPSA) is 12.9 Å². The zero-order chi connectivity index (χ0) is 15.9. The molecule has 3 aromatic rings. The lowest BCUT2D eigenvalue weighted by molar-refractivity contribution is 1.32. The number of alkyl halides is 1. The summed E-state index contributed by atoms with van der Waals surface area (Å²) < 4.78 is -0.183. The Balaban J connectivity index is 0.000000396. The van der Waals surface area contributed by atoms with Crippen LogP contribution in [-0.4, -0.2) is 4.98 Å². The number of hydrogen-bond acceptors (Lipinski definition) is 1. The summed E-state index contributed by atoms with van der Waals surface area (Å²) in [5, 5.41) is 2.00. The van der Waals surface area contributed by atoms with E-state index in [0.29, 0.717) is 0 Å². The van der Waals surface area contributed by atoms with Gasteiger partial charge >= 0.3 is 0 Å². The van der Waals surface area contributed by atoms with Gasteiger partial charge in [0.25, 0.3) is 0 Å². The largest absolute Gasteiger partial charge is 0.247 e. The van der Waals surface area contributed by atoms with E-state index in [4.69, 9.17) is 4.98 Å². The summed E-state index contributed by atoms with van der Waals surface area (Å²) >= 11 is 13.1. The van der Waals surface area contributed by atoms with Gasteiger partial charge in [-0.3, -0.25) is 0 Å². The van der Waals surface area contributed by atoms with E-state index in [2.05, 4.69) is 92.7 Å². The minimum Gasteiger partial charge on any atom is -0.247 e. The Morgan fingerprint density at radius 1 is 0.864 bits per heavy atom. The van der Waals surface area contributed by atoms with E-state index in [9.17, 15) is 0 Å². The van der Waals surface area contributed by atoms with Crippen molar-refractivity contribution >= 4 is 77.3 Å². The maximum absolute atomic E-state index is 4.79. The molecular weight excluding hydrogens is 557 g/mol. The van der Waals surface area contributed by atoms with E-state index in [1.807, 2.05) is 30.3 Å². The van der Waals surface area contributed by atoms with Gasteiger partial charge in [0.2, 0.25) is 0 Å². The lowest BCUT2D eigenvalue weighted by atomic mass is 10.0. The molecule has 22 heavy (non-hydrogen) atoms. The summed E-state index contributed by atoms with van der Waals surface area (Å²) in [6.07, 6.45) is 0. The molecule has 0 amide bonds. The molecular formula is C16H12Br4NP. The highest BCUT2D eigenvalue weighted by Crippen LogP contribution is 2.59. The smallest absolute Gasteiger partial charge is 0.103 e. The van der Waals surface area contributed by atoms with E-state index in [0.717, 1.165) is 22.1 Å². The van der Waals surface area contributed by atoms with E-state index < -0.39 is 0 Å². The quantitative estimate of drug-likeness (QED) is 0.224. The molecule has 0 aliphatic carbocycles. The number of benzene rings is 2. The molecule has 0 spiro atoms. The van der Waals surface area contributed by atoms with Crippen LogP contribution in [0.4, 0.5) is 0 Å². The second-order valence-electron chi connectivity index (χ2n) is 4.38. The van der Waals surface area contributed by atoms with Crippen LogP contribution in [0.5, 0.6) is 0 Å². The predicted molar refractivity (Wildman–Crippen MR) is 114 cm³/mol. The summed E-state index contributed by atoms with van der Waals surface area (Å²) in [6.45, 7) is 0. The maximum Gasteiger partial charge on any atom is 0.103 e. The van der Waals surface area contributed by atoms with Gasteiger partial charge in [-0.2, -0.15) is 0 Å². The Morgan fingerprint density at radius 3 is 2.09 bits per heavy atom. The standard InChI is InChI=1S/C16H12BrN.Br3P/c17-11-14-10-13-8-4-5-9-15(13)18-16(14)12-6-2-1-3-7-12;1-4(2)3/h1-10H,11H2;. The van der Waals surface area contributed by atoms with Crippen LogP contribution in [0.2, 0.25) is 0 Å². The summed E-state index contributed by atoms with van der Waals surface area (Å²) in [5.41, 5.74) is 4.49. The third kappa shape index (κ3) is 5.38. The van der Waals surface area contributed by atoms with Crippen molar-refractivity contribution in [2.45, 2.75) is 5.33 Å². The molecule has 0 saturated carbocycles. The second-order valence-corrected chi connectivity index (χ2v) is 20.3.